The van der Waals surface area contributed by atoms with E-state index in [1.165, 1.54) is 5.56 Å². The molecule has 1 atom stereocenters. The number of guanidine groups is 1. The van der Waals surface area contributed by atoms with Crippen LogP contribution in [0.2, 0.25) is 0 Å². The van der Waals surface area contributed by atoms with Crippen molar-refractivity contribution in [3.63, 3.8) is 0 Å². The molecule has 1 aromatic carbocycles. The molecule has 0 fully saturated rings. The number of hydrogen-bond donors (Lipinski definition) is 2. The van der Waals surface area contributed by atoms with Gasteiger partial charge in [-0.1, -0.05) is 26.0 Å². The van der Waals surface area contributed by atoms with Crippen LogP contribution in [0.15, 0.2) is 29.3 Å². The van der Waals surface area contributed by atoms with Crippen molar-refractivity contribution in [3.05, 3.63) is 29.8 Å². The fourth-order valence-electron chi connectivity index (χ4n) is 2.15. The zero-order valence-corrected chi connectivity index (χ0v) is 14.5. The average Bonchev–Trinajstić information content (AvgIpc) is 2.47. The maximum Gasteiger partial charge on any atom is 0.188 e. The molecule has 1 rings (SSSR count). The summed E-state index contributed by atoms with van der Waals surface area (Å²) in [5, 5.41) is 3.17. The van der Waals surface area contributed by atoms with Gasteiger partial charge in [0.2, 0.25) is 0 Å². The molecule has 5 nitrogen and oxygen atoms in total. The molecule has 0 aromatic heterocycles. The Labute approximate surface area is 134 Å². The topological polar surface area (TPSA) is 62.9 Å². The highest BCUT2D eigenvalue weighted by atomic mass is 16.5. The summed E-state index contributed by atoms with van der Waals surface area (Å²) in [4.78, 5) is 6.61. The third-order valence-electron chi connectivity index (χ3n) is 3.56. The maximum atomic E-state index is 5.94. The Kier molecular flexibility index (Phi) is 7.74. The molecule has 0 radical (unpaired) electrons. The maximum absolute atomic E-state index is 5.94. The molecule has 0 aliphatic heterocycles. The molecule has 5 heteroatoms. The minimum atomic E-state index is 0.167. The Morgan fingerprint density at radius 3 is 2.68 bits per heavy atom. The van der Waals surface area contributed by atoms with Gasteiger partial charge in [-0.2, -0.15) is 0 Å². The smallest absolute Gasteiger partial charge is 0.188 e. The second-order valence-electron chi connectivity index (χ2n) is 6.09. The first kappa shape index (κ1) is 18.3. The number of rotatable bonds is 8. The number of benzene rings is 1. The quantitative estimate of drug-likeness (QED) is 0.571. The van der Waals surface area contributed by atoms with Crippen LogP contribution in [-0.4, -0.2) is 45.2 Å². The Bertz CT molecular complexity index is 471. The van der Waals surface area contributed by atoms with E-state index in [1.807, 2.05) is 32.3 Å². The second-order valence-corrected chi connectivity index (χ2v) is 6.09. The lowest BCUT2D eigenvalue weighted by Gasteiger charge is -2.23. The number of nitrogens with one attached hydrogen (secondary N) is 1. The zero-order chi connectivity index (χ0) is 16.5. The summed E-state index contributed by atoms with van der Waals surface area (Å²) in [7, 11) is 5.77. The van der Waals surface area contributed by atoms with E-state index < -0.39 is 0 Å². The molecule has 0 spiro atoms. The molecule has 0 saturated carbocycles. The van der Waals surface area contributed by atoms with Gasteiger partial charge < -0.3 is 20.7 Å². The molecule has 0 saturated heterocycles. The van der Waals surface area contributed by atoms with E-state index in [1.54, 1.807) is 7.11 Å². The molecule has 0 bridgehead atoms. The number of hydrogen-bond acceptors (Lipinski definition) is 3. The van der Waals surface area contributed by atoms with Crippen LogP contribution < -0.4 is 15.8 Å². The number of methoxy groups -OCH3 is 1. The van der Waals surface area contributed by atoms with Gasteiger partial charge in [-0.3, -0.25) is 4.99 Å². The van der Waals surface area contributed by atoms with Crippen LogP contribution in [0.4, 0.5) is 0 Å². The molecule has 0 aliphatic rings. The van der Waals surface area contributed by atoms with Gasteiger partial charge >= 0.3 is 0 Å². The van der Waals surface area contributed by atoms with Crippen LogP contribution in [0.25, 0.3) is 0 Å². The molecule has 1 aromatic rings. The van der Waals surface area contributed by atoms with Crippen LogP contribution in [0, 0.1) is 5.92 Å². The highest BCUT2D eigenvalue weighted by Gasteiger charge is 2.14. The lowest BCUT2D eigenvalue weighted by atomic mass is 10.1. The summed E-state index contributed by atoms with van der Waals surface area (Å²) < 4.78 is 5.29. The van der Waals surface area contributed by atoms with E-state index in [9.17, 15) is 0 Å². The fraction of sp³-hybridized carbons (Fsp3) is 0.588. The van der Waals surface area contributed by atoms with E-state index in [-0.39, 0.29) is 6.04 Å². The highest BCUT2D eigenvalue weighted by Crippen LogP contribution is 2.22. The lowest BCUT2D eigenvalue weighted by molar-refractivity contribution is 0.305. The summed E-state index contributed by atoms with van der Waals surface area (Å²) in [6.45, 7) is 5.86. The standard InChI is InChI=1S/C17H30N4O/c1-13(2)9-10-19-17(18)20-12-16(21(3)4)14-7-6-8-15(11-14)22-5/h6-8,11,13,16H,9-10,12H2,1-5H3,(H3,18,19,20). The normalized spacial score (nSPS) is 13.5. The van der Waals surface area contributed by atoms with E-state index in [2.05, 4.69) is 35.1 Å². The summed E-state index contributed by atoms with van der Waals surface area (Å²) in [5.74, 6) is 2.03. The van der Waals surface area contributed by atoms with Crippen molar-refractivity contribution in [1.29, 1.82) is 0 Å². The van der Waals surface area contributed by atoms with Gasteiger partial charge in [0.15, 0.2) is 5.96 Å². The summed E-state index contributed by atoms with van der Waals surface area (Å²) in [6.07, 6.45) is 1.09. The van der Waals surface area contributed by atoms with Crippen molar-refractivity contribution >= 4 is 5.96 Å². The van der Waals surface area contributed by atoms with Gasteiger partial charge in [0.25, 0.3) is 0 Å². The number of nitrogens with zero attached hydrogens (tertiary/aromatic N) is 2. The van der Waals surface area contributed by atoms with Crippen molar-refractivity contribution < 1.29 is 4.74 Å². The number of likely N-dealkylation sites (N-methyl/N-ethyl adjacent to an activating group) is 1. The first-order valence-electron chi connectivity index (χ1n) is 7.78. The third-order valence-corrected chi connectivity index (χ3v) is 3.56. The predicted molar refractivity (Wildman–Crippen MR) is 93.4 cm³/mol. The summed E-state index contributed by atoms with van der Waals surface area (Å²) in [5.41, 5.74) is 7.11. The third kappa shape index (κ3) is 6.35. The van der Waals surface area contributed by atoms with E-state index in [0.717, 1.165) is 18.7 Å². The van der Waals surface area contributed by atoms with Crippen molar-refractivity contribution in [1.82, 2.24) is 10.2 Å². The molecule has 3 N–H and O–H groups in total. The number of aliphatic imine (C=N–C) groups is 1. The lowest BCUT2D eigenvalue weighted by Crippen LogP contribution is -2.34. The van der Waals surface area contributed by atoms with Crippen molar-refractivity contribution in [2.24, 2.45) is 16.6 Å². The first-order chi connectivity index (χ1) is 10.4. The Hall–Kier alpha value is -1.75. The molecule has 0 aliphatic carbocycles. The highest BCUT2D eigenvalue weighted by molar-refractivity contribution is 5.77. The van der Waals surface area contributed by atoms with Crippen molar-refractivity contribution in [2.75, 3.05) is 34.3 Å². The molecule has 0 heterocycles. The van der Waals surface area contributed by atoms with Crippen LogP contribution in [0.3, 0.4) is 0 Å². The minimum absolute atomic E-state index is 0.167. The van der Waals surface area contributed by atoms with Gasteiger partial charge in [-0.15, -0.1) is 0 Å². The second kappa shape index (κ2) is 9.30. The molecule has 0 amide bonds. The first-order valence-corrected chi connectivity index (χ1v) is 7.78. The Balaban J connectivity index is 2.67. The average molecular weight is 306 g/mol. The SMILES string of the molecule is COc1cccc(C(CN=C(N)NCCC(C)C)N(C)C)c1. The largest absolute Gasteiger partial charge is 0.497 e. The Morgan fingerprint density at radius 1 is 1.36 bits per heavy atom. The van der Waals surface area contributed by atoms with Crippen molar-refractivity contribution in [2.45, 2.75) is 26.3 Å². The fourth-order valence-corrected chi connectivity index (χ4v) is 2.15. The molecule has 124 valence electrons. The van der Waals surface area contributed by atoms with Crippen molar-refractivity contribution in [3.8, 4) is 5.75 Å². The van der Waals surface area contributed by atoms with Gasteiger partial charge in [-0.05, 0) is 44.1 Å². The Morgan fingerprint density at radius 2 is 2.09 bits per heavy atom. The van der Waals surface area contributed by atoms with Gasteiger partial charge in [0.1, 0.15) is 5.75 Å². The number of nitrogens with two attached hydrogens (primary N) is 1. The van der Waals surface area contributed by atoms with Crippen LogP contribution in [0.1, 0.15) is 31.9 Å². The van der Waals surface area contributed by atoms with Crippen LogP contribution >= 0.6 is 0 Å². The summed E-state index contributed by atoms with van der Waals surface area (Å²) >= 11 is 0. The summed E-state index contributed by atoms with van der Waals surface area (Å²) in [6, 6.07) is 8.24. The molecular formula is C17H30N4O. The molecule has 1 unspecified atom stereocenters. The minimum Gasteiger partial charge on any atom is -0.497 e. The van der Waals surface area contributed by atoms with E-state index in [0.29, 0.717) is 18.4 Å². The van der Waals surface area contributed by atoms with E-state index in [4.69, 9.17) is 10.5 Å². The number of ether oxygens (including phenoxy) is 1. The monoisotopic (exact) mass is 306 g/mol. The molecule has 22 heavy (non-hydrogen) atoms. The van der Waals surface area contributed by atoms with Crippen LogP contribution in [0.5, 0.6) is 5.75 Å². The van der Waals surface area contributed by atoms with Gasteiger partial charge in [0, 0.05) is 6.54 Å². The van der Waals surface area contributed by atoms with Gasteiger partial charge in [0.05, 0.1) is 19.7 Å². The zero-order valence-electron chi connectivity index (χ0n) is 14.5. The predicted octanol–water partition coefficient (Wildman–Crippen LogP) is 2.25. The van der Waals surface area contributed by atoms with Crippen LogP contribution in [-0.2, 0) is 0 Å². The van der Waals surface area contributed by atoms with E-state index >= 15 is 0 Å². The molecular weight excluding hydrogens is 276 g/mol. The van der Waals surface area contributed by atoms with Gasteiger partial charge in [-0.25, -0.2) is 0 Å².